The van der Waals surface area contributed by atoms with Gasteiger partial charge in [-0.15, -0.1) is 0 Å². The topological polar surface area (TPSA) is 24.9 Å². The fourth-order valence-corrected chi connectivity index (χ4v) is 2.55. The summed E-state index contributed by atoms with van der Waals surface area (Å²) in [5.74, 6) is -1.06. The number of nitrogens with one attached hydrogen (secondary N) is 1. The number of aromatic nitrogens is 1. The molecule has 0 amide bonds. The van der Waals surface area contributed by atoms with Crippen LogP contribution in [0.25, 0.3) is 0 Å². The van der Waals surface area contributed by atoms with E-state index in [1.54, 1.807) is 24.5 Å². The molecule has 2 aromatic rings. The number of hydrogen-bond donors (Lipinski definition) is 1. The van der Waals surface area contributed by atoms with Gasteiger partial charge in [-0.25, -0.2) is 8.78 Å². The van der Waals surface area contributed by atoms with E-state index in [0.29, 0.717) is 12.1 Å². The second-order valence-corrected chi connectivity index (χ2v) is 5.43. The van der Waals surface area contributed by atoms with Crippen LogP contribution in [-0.2, 0) is 6.54 Å². The van der Waals surface area contributed by atoms with E-state index in [4.69, 9.17) is 0 Å². The average molecular weight is 294 g/mol. The molecule has 20 heavy (non-hydrogen) atoms. The number of nitrogens with zero attached hydrogens (tertiary/aromatic N) is 1. The molecule has 2 rings (SSSR count). The van der Waals surface area contributed by atoms with Crippen molar-refractivity contribution >= 4 is 11.8 Å². The van der Waals surface area contributed by atoms with Crippen molar-refractivity contribution in [3.05, 3.63) is 53.9 Å². The van der Waals surface area contributed by atoms with E-state index in [-0.39, 0.29) is 4.90 Å². The molecule has 0 radical (unpaired) electrons. The lowest BCUT2D eigenvalue weighted by Gasteiger charge is -2.08. The van der Waals surface area contributed by atoms with Crippen LogP contribution in [0.2, 0.25) is 0 Å². The Bertz CT molecular complexity index is 538. The van der Waals surface area contributed by atoms with Gasteiger partial charge in [0.25, 0.3) is 0 Å². The Hall–Kier alpha value is -1.46. The Balaban J connectivity index is 2.14. The Morgan fingerprint density at radius 1 is 1.15 bits per heavy atom. The summed E-state index contributed by atoms with van der Waals surface area (Å²) in [6, 6.07) is 6.21. The van der Waals surface area contributed by atoms with Gasteiger partial charge in [0.1, 0.15) is 11.6 Å². The van der Waals surface area contributed by atoms with Crippen LogP contribution in [-0.4, -0.2) is 11.5 Å². The lowest BCUT2D eigenvalue weighted by molar-refractivity contribution is 0.534. The van der Waals surface area contributed by atoms with Crippen LogP contribution in [0.1, 0.15) is 18.9 Å². The minimum absolute atomic E-state index is 0.0236. The van der Waals surface area contributed by atoms with Crippen molar-refractivity contribution in [1.82, 2.24) is 10.3 Å². The van der Waals surface area contributed by atoms with Crippen LogP contribution >= 0.6 is 11.8 Å². The predicted octanol–water partition coefficient (Wildman–Crippen LogP) is 4.01. The van der Waals surface area contributed by atoms with E-state index < -0.39 is 11.6 Å². The van der Waals surface area contributed by atoms with Gasteiger partial charge in [-0.3, -0.25) is 4.98 Å². The summed E-state index contributed by atoms with van der Waals surface area (Å²) in [6.45, 7) is 3.35. The molecule has 0 atom stereocenters. The van der Waals surface area contributed by atoms with Crippen molar-refractivity contribution in [2.24, 2.45) is 0 Å². The van der Waals surface area contributed by atoms with Crippen LogP contribution in [0.4, 0.5) is 8.78 Å². The van der Waals surface area contributed by atoms with E-state index in [2.05, 4.69) is 10.3 Å². The monoisotopic (exact) mass is 294 g/mol. The summed E-state index contributed by atoms with van der Waals surface area (Å²) in [4.78, 5) is 4.66. The van der Waals surface area contributed by atoms with Gasteiger partial charge in [-0.2, -0.15) is 0 Å². The fourth-order valence-electron chi connectivity index (χ4n) is 1.75. The highest BCUT2D eigenvalue weighted by Crippen LogP contribution is 2.32. The third-order valence-corrected chi connectivity index (χ3v) is 3.79. The molecular weight excluding hydrogens is 278 g/mol. The van der Waals surface area contributed by atoms with Gasteiger partial charge in [0.15, 0.2) is 0 Å². The van der Waals surface area contributed by atoms with Gasteiger partial charge in [0.2, 0.25) is 0 Å². The molecular formula is C15H16F2N2S. The summed E-state index contributed by atoms with van der Waals surface area (Å²) in [5, 5.41) is 3.13. The Labute approximate surface area is 121 Å². The van der Waals surface area contributed by atoms with Crippen LogP contribution in [0, 0.1) is 11.6 Å². The maximum absolute atomic E-state index is 14.0. The van der Waals surface area contributed by atoms with Crippen LogP contribution in [0.15, 0.2) is 46.5 Å². The van der Waals surface area contributed by atoms with Crippen molar-refractivity contribution in [3.8, 4) is 0 Å². The summed E-state index contributed by atoms with van der Waals surface area (Å²) in [6.07, 6.45) is 4.18. The van der Waals surface area contributed by atoms with E-state index in [1.807, 2.05) is 6.92 Å². The standard InChI is InChI=1S/C15H16F2N2S/c1-2-5-19-10-11-8-13(16)15(14(17)9-11)20-12-3-6-18-7-4-12/h3-4,6-9,19H,2,5,10H2,1H3. The molecule has 0 unspecified atom stereocenters. The number of pyridine rings is 1. The summed E-state index contributed by atoms with van der Waals surface area (Å²) in [7, 11) is 0. The van der Waals surface area contributed by atoms with Gasteiger partial charge < -0.3 is 5.32 Å². The highest BCUT2D eigenvalue weighted by molar-refractivity contribution is 7.99. The zero-order valence-corrected chi connectivity index (χ0v) is 12.0. The Morgan fingerprint density at radius 3 is 2.40 bits per heavy atom. The minimum Gasteiger partial charge on any atom is -0.313 e. The molecule has 1 aromatic heterocycles. The third kappa shape index (κ3) is 4.02. The predicted molar refractivity (Wildman–Crippen MR) is 76.7 cm³/mol. The second-order valence-electron chi connectivity index (χ2n) is 4.35. The third-order valence-electron chi connectivity index (χ3n) is 2.68. The van der Waals surface area contributed by atoms with Crippen molar-refractivity contribution in [2.75, 3.05) is 6.54 Å². The molecule has 0 bridgehead atoms. The first-order chi connectivity index (χ1) is 9.70. The fraction of sp³-hybridized carbons (Fsp3) is 0.267. The molecule has 5 heteroatoms. The molecule has 0 fully saturated rings. The molecule has 106 valence electrons. The second kappa shape index (κ2) is 7.36. The van der Waals surface area contributed by atoms with Gasteiger partial charge in [0.05, 0.1) is 4.90 Å². The smallest absolute Gasteiger partial charge is 0.140 e. The van der Waals surface area contributed by atoms with Crippen LogP contribution < -0.4 is 5.32 Å². The molecule has 1 heterocycles. The minimum atomic E-state index is -0.528. The van der Waals surface area contributed by atoms with E-state index in [1.165, 1.54) is 12.1 Å². The molecule has 0 aliphatic rings. The maximum atomic E-state index is 14.0. The zero-order chi connectivity index (χ0) is 14.4. The highest BCUT2D eigenvalue weighted by atomic mass is 32.2. The number of rotatable bonds is 6. The zero-order valence-electron chi connectivity index (χ0n) is 11.2. The van der Waals surface area contributed by atoms with Gasteiger partial charge in [0, 0.05) is 23.8 Å². The van der Waals surface area contributed by atoms with E-state index >= 15 is 0 Å². The first kappa shape index (κ1) is 14.9. The SMILES string of the molecule is CCCNCc1cc(F)c(Sc2ccncc2)c(F)c1. The van der Waals surface area contributed by atoms with Crippen molar-refractivity contribution in [2.45, 2.75) is 29.7 Å². The quantitative estimate of drug-likeness (QED) is 0.815. The molecule has 0 spiro atoms. The van der Waals surface area contributed by atoms with Crippen molar-refractivity contribution in [3.63, 3.8) is 0 Å². The van der Waals surface area contributed by atoms with Crippen LogP contribution in [0.3, 0.4) is 0 Å². The number of benzene rings is 1. The van der Waals surface area contributed by atoms with Crippen LogP contribution in [0.5, 0.6) is 0 Å². The summed E-state index contributed by atoms with van der Waals surface area (Å²) >= 11 is 1.07. The normalized spacial score (nSPS) is 10.8. The highest BCUT2D eigenvalue weighted by Gasteiger charge is 2.12. The maximum Gasteiger partial charge on any atom is 0.140 e. The number of hydrogen-bond acceptors (Lipinski definition) is 3. The lowest BCUT2D eigenvalue weighted by atomic mass is 10.2. The molecule has 0 aliphatic carbocycles. The molecule has 1 N–H and O–H groups in total. The van der Waals surface area contributed by atoms with E-state index in [9.17, 15) is 8.78 Å². The molecule has 0 saturated heterocycles. The molecule has 0 saturated carbocycles. The first-order valence-electron chi connectivity index (χ1n) is 6.47. The first-order valence-corrected chi connectivity index (χ1v) is 7.29. The largest absolute Gasteiger partial charge is 0.313 e. The number of halogens is 2. The van der Waals surface area contributed by atoms with E-state index in [0.717, 1.165) is 29.6 Å². The van der Waals surface area contributed by atoms with Crippen molar-refractivity contribution in [1.29, 1.82) is 0 Å². The Morgan fingerprint density at radius 2 is 1.80 bits per heavy atom. The van der Waals surface area contributed by atoms with Gasteiger partial charge in [-0.1, -0.05) is 18.7 Å². The molecule has 2 nitrogen and oxygen atoms in total. The Kier molecular flexibility index (Phi) is 5.49. The average Bonchev–Trinajstić information content (AvgIpc) is 2.44. The van der Waals surface area contributed by atoms with Gasteiger partial charge in [-0.05, 0) is 42.8 Å². The van der Waals surface area contributed by atoms with Crippen molar-refractivity contribution < 1.29 is 8.78 Å². The summed E-state index contributed by atoms with van der Waals surface area (Å²) < 4.78 is 28.0. The molecule has 0 aliphatic heterocycles. The van der Waals surface area contributed by atoms with Gasteiger partial charge >= 0.3 is 0 Å². The summed E-state index contributed by atoms with van der Waals surface area (Å²) in [5.41, 5.74) is 0.618. The molecule has 1 aromatic carbocycles. The lowest BCUT2D eigenvalue weighted by Crippen LogP contribution is -2.14.